The summed E-state index contributed by atoms with van der Waals surface area (Å²) < 4.78 is 7.16. The molecular weight excluding hydrogens is 570 g/mol. The minimum absolute atomic E-state index is 0.0198. The quantitative estimate of drug-likeness (QED) is 0.242. The zero-order chi connectivity index (χ0) is 31.6. The standard InChI is InChI=1S/C35H37N5O5/c1-24(7-5-6-19-38-23-27(18-20-41)36-37-38)35(44)30-21-29(45-2)15-16-32(30)39(34(35)43)22-25-10-13-28(14-11-25)40-31-9-4-3-8-26(31)12-17-33(40)42/h3-5,7-11,13-16,21,23-24,41,44H,6,12,17-20,22H2,1-2H3/b7-5+/t24-,35+/m1/s1. The molecule has 6 rings (SSSR count). The summed E-state index contributed by atoms with van der Waals surface area (Å²) in [6, 6.07) is 20.9. The van der Waals surface area contributed by atoms with E-state index < -0.39 is 17.4 Å². The van der Waals surface area contributed by atoms with Crippen LogP contribution in [0.2, 0.25) is 0 Å². The molecule has 3 heterocycles. The van der Waals surface area contributed by atoms with Gasteiger partial charge in [-0.1, -0.05) is 54.6 Å². The fourth-order valence-corrected chi connectivity index (χ4v) is 6.18. The van der Waals surface area contributed by atoms with Crippen LogP contribution in [-0.4, -0.2) is 50.7 Å². The number of aryl methyl sites for hydroxylation is 2. The monoisotopic (exact) mass is 607 g/mol. The predicted molar refractivity (Wildman–Crippen MR) is 170 cm³/mol. The normalized spacial score (nSPS) is 18.4. The van der Waals surface area contributed by atoms with Gasteiger partial charge in [0.2, 0.25) is 5.91 Å². The predicted octanol–water partition coefficient (Wildman–Crippen LogP) is 4.45. The van der Waals surface area contributed by atoms with E-state index in [1.807, 2.05) is 67.6 Å². The van der Waals surface area contributed by atoms with Gasteiger partial charge in [0.1, 0.15) is 5.75 Å². The van der Waals surface area contributed by atoms with E-state index in [-0.39, 0.29) is 19.1 Å². The summed E-state index contributed by atoms with van der Waals surface area (Å²) in [6.45, 7) is 2.68. The summed E-state index contributed by atoms with van der Waals surface area (Å²) in [4.78, 5) is 30.3. The van der Waals surface area contributed by atoms with Gasteiger partial charge in [0, 0.05) is 49.4 Å². The van der Waals surface area contributed by atoms with Crippen LogP contribution >= 0.6 is 0 Å². The maximum Gasteiger partial charge on any atom is 0.264 e. The lowest BCUT2D eigenvalue weighted by Crippen LogP contribution is -2.44. The molecule has 0 aliphatic carbocycles. The zero-order valence-electron chi connectivity index (χ0n) is 25.5. The average molecular weight is 608 g/mol. The van der Waals surface area contributed by atoms with Crippen LogP contribution in [0.1, 0.15) is 42.1 Å². The molecular formula is C35H37N5O5. The van der Waals surface area contributed by atoms with Crippen molar-refractivity contribution in [3.63, 3.8) is 0 Å². The number of fused-ring (bicyclic) bond motifs is 2. The van der Waals surface area contributed by atoms with E-state index in [9.17, 15) is 14.7 Å². The number of amides is 2. The fraction of sp³-hybridized carbons (Fsp3) is 0.314. The van der Waals surface area contributed by atoms with Crippen molar-refractivity contribution in [2.75, 3.05) is 23.5 Å². The highest BCUT2D eigenvalue weighted by molar-refractivity contribution is 6.07. The van der Waals surface area contributed by atoms with Crippen molar-refractivity contribution in [3.05, 3.63) is 107 Å². The minimum atomic E-state index is -1.79. The number of hydrogen-bond acceptors (Lipinski definition) is 7. The summed E-state index contributed by atoms with van der Waals surface area (Å²) in [7, 11) is 1.56. The van der Waals surface area contributed by atoms with Crippen molar-refractivity contribution in [3.8, 4) is 5.75 Å². The molecule has 0 fully saturated rings. The highest BCUT2D eigenvalue weighted by Gasteiger charge is 2.52. The Balaban J connectivity index is 1.21. The number of aliphatic hydroxyl groups excluding tert-OH is 1. The Morgan fingerprint density at radius 2 is 1.84 bits per heavy atom. The Morgan fingerprint density at radius 3 is 2.62 bits per heavy atom. The number of aliphatic hydroxyl groups is 2. The summed E-state index contributed by atoms with van der Waals surface area (Å²) in [5, 5.41) is 29.3. The number of anilines is 3. The van der Waals surface area contributed by atoms with Crippen LogP contribution in [0.4, 0.5) is 17.1 Å². The van der Waals surface area contributed by atoms with Crippen molar-refractivity contribution in [2.45, 2.75) is 51.3 Å². The molecule has 0 bridgehead atoms. The smallest absolute Gasteiger partial charge is 0.264 e. The number of para-hydroxylation sites is 1. The third-order valence-corrected chi connectivity index (χ3v) is 8.66. The first-order valence-electron chi connectivity index (χ1n) is 15.2. The molecule has 45 heavy (non-hydrogen) atoms. The summed E-state index contributed by atoms with van der Waals surface area (Å²) in [5.74, 6) is -0.330. The summed E-state index contributed by atoms with van der Waals surface area (Å²) >= 11 is 0. The second kappa shape index (κ2) is 12.7. The Morgan fingerprint density at radius 1 is 1.04 bits per heavy atom. The van der Waals surface area contributed by atoms with Crippen LogP contribution in [0, 0.1) is 5.92 Å². The third kappa shape index (κ3) is 5.74. The van der Waals surface area contributed by atoms with Crippen molar-refractivity contribution in [2.24, 2.45) is 5.92 Å². The molecule has 2 aliphatic rings. The number of benzene rings is 3. The van der Waals surface area contributed by atoms with E-state index in [2.05, 4.69) is 16.4 Å². The van der Waals surface area contributed by atoms with E-state index in [1.54, 1.807) is 39.9 Å². The maximum absolute atomic E-state index is 14.0. The van der Waals surface area contributed by atoms with Gasteiger partial charge in [0.05, 0.1) is 30.7 Å². The second-order valence-electron chi connectivity index (χ2n) is 11.5. The van der Waals surface area contributed by atoms with E-state index in [4.69, 9.17) is 9.84 Å². The average Bonchev–Trinajstić information content (AvgIpc) is 3.60. The van der Waals surface area contributed by atoms with Crippen molar-refractivity contribution < 1.29 is 24.5 Å². The van der Waals surface area contributed by atoms with E-state index >= 15 is 0 Å². The Hall–Kier alpha value is -4.80. The number of nitrogens with zero attached hydrogens (tertiary/aromatic N) is 5. The van der Waals surface area contributed by atoms with Gasteiger partial charge >= 0.3 is 0 Å². The van der Waals surface area contributed by atoms with Crippen molar-refractivity contribution in [1.29, 1.82) is 0 Å². The molecule has 0 saturated heterocycles. The topological polar surface area (TPSA) is 121 Å². The SMILES string of the molecule is COc1ccc2c(c1)[C@@](O)([C@H](C)/C=C/CCn1cc(CCO)nn1)C(=O)N2Cc1ccc(N2C(=O)CCc3ccccc32)cc1. The summed E-state index contributed by atoms with van der Waals surface area (Å²) in [6.07, 6.45) is 7.87. The number of methoxy groups -OCH3 is 1. The van der Waals surface area contributed by atoms with Crippen LogP contribution in [0.15, 0.2) is 85.1 Å². The highest BCUT2D eigenvalue weighted by atomic mass is 16.5. The molecule has 0 radical (unpaired) electrons. The van der Waals surface area contributed by atoms with Crippen LogP contribution in [0.25, 0.3) is 0 Å². The number of carbonyl (C=O) groups is 2. The first-order chi connectivity index (χ1) is 21.8. The van der Waals surface area contributed by atoms with Gasteiger partial charge in [-0.2, -0.15) is 0 Å². The van der Waals surface area contributed by atoms with E-state index in [0.29, 0.717) is 42.8 Å². The highest BCUT2D eigenvalue weighted by Crippen LogP contribution is 2.47. The molecule has 4 aromatic rings. The molecule has 2 aliphatic heterocycles. The molecule has 10 nitrogen and oxygen atoms in total. The third-order valence-electron chi connectivity index (χ3n) is 8.66. The van der Waals surface area contributed by atoms with Crippen LogP contribution in [-0.2, 0) is 41.1 Å². The van der Waals surface area contributed by atoms with Crippen LogP contribution < -0.4 is 14.5 Å². The molecule has 2 amide bonds. The number of rotatable bonds is 11. The van der Waals surface area contributed by atoms with E-state index in [1.165, 1.54) is 0 Å². The number of allylic oxidation sites excluding steroid dienone is 1. The van der Waals surface area contributed by atoms with Gasteiger partial charge in [-0.05, 0) is 60.4 Å². The second-order valence-corrected chi connectivity index (χ2v) is 11.5. The zero-order valence-corrected chi connectivity index (χ0v) is 25.5. The van der Waals surface area contributed by atoms with Crippen LogP contribution in [0.3, 0.4) is 0 Å². The molecule has 0 saturated carbocycles. The van der Waals surface area contributed by atoms with Crippen molar-refractivity contribution in [1.82, 2.24) is 15.0 Å². The number of carbonyl (C=O) groups excluding carboxylic acids is 2. The molecule has 10 heteroatoms. The van der Waals surface area contributed by atoms with E-state index in [0.717, 1.165) is 34.6 Å². The Bertz CT molecular complexity index is 1730. The first-order valence-corrected chi connectivity index (χ1v) is 15.2. The molecule has 232 valence electrons. The lowest BCUT2D eigenvalue weighted by Gasteiger charge is -2.30. The van der Waals surface area contributed by atoms with Gasteiger partial charge in [0.25, 0.3) is 5.91 Å². The largest absolute Gasteiger partial charge is 0.497 e. The van der Waals surface area contributed by atoms with Gasteiger partial charge < -0.3 is 19.8 Å². The molecule has 0 spiro atoms. The molecule has 2 atom stereocenters. The lowest BCUT2D eigenvalue weighted by molar-refractivity contribution is -0.139. The van der Waals surface area contributed by atoms with Crippen LogP contribution in [0.5, 0.6) is 5.75 Å². The number of aromatic nitrogens is 3. The molecule has 0 unspecified atom stereocenters. The van der Waals surface area contributed by atoms with Gasteiger partial charge in [-0.15, -0.1) is 5.10 Å². The minimum Gasteiger partial charge on any atom is -0.497 e. The van der Waals surface area contributed by atoms with Gasteiger partial charge in [-0.25, -0.2) is 0 Å². The number of hydrogen-bond donors (Lipinski definition) is 2. The molecule has 3 aromatic carbocycles. The van der Waals surface area contributed by atoms with Gasteiger partial charge in [0.15, 0.2) is 5.60 Å². The Labute approximate surface area is 262 Å². The number of ether oxygens (including phenoxy) is 1. The summed E-state index contributed by atoms with van der Waals surface area (Å²) in [5.41, 5.74) is 3.76. The first kappa shape index (κ1) is 30.2. The fourth-order valence-electron chi connectivity index (χ4n) is 6.18. The molecule has 1 aromatic heterocycles. The Kier molecular flexibility index (Phi) is 8.51. The van der Waals surface area contributed by atoms with Gasteiger partial charge in [-0.3, -0.25) is 19.2 Å². The lowest BCUT2D eigenvalue weighted by atomic mass is 9.83. The molecule has 2 N–H and O–H groups in total. The maximum atomic E-state index is 14.0. The van der Waals surface area contributed by atoms with Crippen molar-refractivity contribution >= 4 is 28.9 Å².